The Morgan fingerprint density at radius 3 is 2.65 bits per heavy atom. The summed E-state index contributed by atoms with van der Waals surface area (Å²) in [6.45, 7) is 3.35. The monoisotopic (exact) mass is 357 g/mol. The third-order valence-electron chi connectivity index (χ3n) is 4.34. The second-order valence-corrected chi connectivity index (χ2v) is 6.77. The van der Waals surface area contributed by atoms with Crippen LogP contribution in [-0.4, -0.2) is 35.6 Å². The number of nitrogens with zero attached hydrogens (tertiary/aromatic N) is 1. The number of anilines is 1. The highest BCUT2D eigenvalue weighted by molar-refractivity contribution is 9.10. The van der Waals surface area contributed by atoms with Gasteiger partial charge in [-0.2, -0.15) is 0 Å². The van der Waals surface area contributed by atoms with Crippen LogP contribution in [0.2, 0.25) is 0 Å². The van der Waals surface area contributed by atoms with E-state index in [-0.39, 0.29) is 10.8 Å². The highest BCUT2D eigenvalue weighted by Crippen LogP contribution is 2.32. The lowest BCUT2D eigenvalue weighted by Gasteiger charge is -2.45. The summed E-state index contributed by atoms with van der Waals surface area (Å²) in [4.78, 5) is 2.64. The zero-order valence-corrected chi connectivity index (χ0v) is 13.4. The topological polar surface area (TPSA) is 41.3 Å². The van der Waals surface area contributed by atoms with E-state index >= 15 is 0 Å². The second kappa shape index (κ2) is 5.58. The Balaban J connectivity index is 1.81. The van der Waals surface area contributed by atoms with Gasteiger partial charge in [0.15, 0.2) is 5.82 Å². The van der Waals surface area contributed by atoms with E-state index in [1.807, 2.05) is 0 Å². The summed E-state index contributed by atoms with van der Waals surface area (Å²) in [5.74, 6) is 0.334. The largest absolute Gasteiger partial charge is 0.389 e. The molecule has 0 aromatic heterocycles. The van der Waals surface area contributed by atoms with Crippen molar-refractivity contribution in [3.05, 3.63) is 28.0 Å². The molecule has 3 N–H and O–H groups in total. The molecule has 0 saturated carbocycles. The third kappa shape index (κ3) is 2.56. The minimum absolute atomic E-state index is 0.199. The molecule has 0 radical (unpaired) electrons. The fraction of sp³-hybridized carbons (Fsp3) is 0.500. The third-order valence-corrected chi connectivity index (χ3v) is 5.34. The SMILES string of the molecule is NC(=S)c1ccc(NC2CN3CCC2CC3)c(F)c1Br. The Morgan fingerprint density at radius 2 is 2.10 bits per heavy atom. The number of thiocarbonyl (C=S) groups is 1. The van der Waals surface area contributed by atoms with Crippen molar-refractivity contribution in [2.24, 2.45) is 11.7 Å². The maximum absolute atomic E-state index is 14.4. The van der Waals surface area contributed by atoms with Crippen LogP contribution < -0.4 is 11.1 Å². The highest BCUT2D eigenvalue weighted by Gasteiger charge is 2.34. The lowest BCUT2D eigenvalue weighted by molar-refractivity contribution is 0.0974. The molecule has 0 aliphatic carbocycles. The molecule has 0 amide bonds. The minimum atomic E-state index is -0.313. The van der Waals surface area contributed by atoms with Crippen LogP contribution in [0.1, 0.15) is 18.4 Å². The summed E-state index contributed by atoms with van der Waals surface area (Å²) in [6, 6.07) is 3.82. The summed E-state index contributed by atoms with van der Waals surface area (Å²) < 4.78 is 14.7. The van der Waals surface area contributed by atoms with E-state index in [1.54, 1.807) is 12.1 Å². The molecule has 3 heterocycles. The Kier molecular flexibility index (Phi) is 3.97. The Labute approximate surface area is 131 Å². The maximum atomic E-state index is 14.4. The van der Waals surface area contributed by atoms with Gasteiger partial charge in [0.05, 0.1) is 10.2 Å². The fourth-order valence-corrected chi connectivity index (χ4v) is 4.04. The molecular weight excluding hydrogens is 341 g/mol. The number of rotatable bonds is 3. The standard InChI is InChI=1S/C14H17BrFN3S/c15-12-9(14(17)20)1-2-10(13(12)16)18-11-7-19-5-3-8(11)4-6-19/h1-2,8,11,18H,3-7H2,(H2,17,20). The number of nitrogens with two attached hydrogens (primary N) is 1. The van der Waals surface area contributed by atoms with Gasteiger partial charge < -0.3 is 16.0 Å². The van der Waals surface area contributed by atoms with Crippen LogP contribution >= 0.6 is 28.1 Å². The van der Waals surface area contributed by atoms with Crippen molar-refractivity contribution in [3.8, 4) is 0 Å². The van der Waals surface area contributed by atoms with E-state index in [4.69, 9.17) is 18.0 Å². The molecule has 2 bridgehead atoms. The van der Waals surface area contributed by atoms with Crippen LogP contribution in [-0.2, 0) is 0 Å². The molecule has 3 aliphatic rings. The lowest BCUT2D eigenvalue weighted by Crippen LogP contribution is -2.53. The average Bonchev–Trinajstić information content (AvgIpc) is 2.45. The van der Waals surface area contributed by atoms with Gasteiger partial charge >= 0.3 is 0 Å². The highest BCUT2D eigenvalue weighted by atomic mass is 79.9. The number of benzene rings is 1. The van der Waals surface area contributed by atoms with Gasteiger partial charge in [-0.1, -0.05) is 12.2 Å². The lowest BCUT2D eigenvalue weighted by atomic mass is 9.84. The van der Waals surface area contributed by atoms with Crippen molar-refractivity contribution in [2.45, 2.75) is 18.9 Å². The summed E-state index contributed by atoms with van der Waals surface area (Å²) in [5, 5.41) is 3.36. The van der Waals surface area contributed by atoms with Crippen molar-refractivity contribution < 1.29 is 4.39 Å². The van der Waals surface area contributed by atoms with Crippen LogP contribution in [0.3, 0.4) is 0 Å². The van der Waals surface area contributed by atoms with Gasteiger partial charge in [-0.3, -0.25) is 0 Å². The molecule has 6 heteroatoms. The van der Waals surface area contributed by atoms with Crippen LogP contribution in [0.4, 0.5) is 10.1 Å². The molecule has 1 unspecified atom stereocenters. The zero-order chi connectivity index (χ0) is 14.3. The Morgan fingerprint density at radius 1 is 1.40 bits per heavy atom. The van der Waals surface area contributed by atoms with Gasteiger partial charge in [-0.15, -0.1) is 0 Å². The zero-order valence-electron chi connectivity index (χ0n) is 11.0. The molecule has 3 aliphatic heterocycles. The Bertz CT molecular complexity index is 543. The Hall–Kier alpha value is -0.720. The number of hydrogen-bond donors (Lipinski definition) is 2. The van der Waals surface area contributed by atoms with E-state index in [2.05, 4.69) is 26.1 Å². The first-order valence-corrected chi connectivity index (χ1v) is 8.03. The average molecular weight is 358 g/mol. The quantitative estimate of drug-likeness (QED) is 0.816. The minimum Gasteiger partial charge on any atom is -0.389 e. The number of halogens is 2. The van der Waals surface area contributed by atoms with Crippen molar-refractivity contribution >= 4 is 38.8 Å². The van der Waals surface area contributed by atoms with E-state index in [0.717, 1.165) is 6.54 Å². The number of fused-ring (bicyclic) bond motifs is 3. The second-order valence-electron chi connectivity index (χ2n) is 5.54. The summed E-state index contributed by atoms with van der Waals surface area (Å²) in [5.41, 5.74) is 6.64. The molecule has 3 saturated heterocycles. The van der Waals surface area contributed by atoms with Gasteiger partial charge in [-0.25, -0.2) is 4.39 Å². The first kappa shape index (κ1) is 14.2. The smallest absolute Gasteiger partial charge is 0.161 e. The summed E-state index contributed by atoms with van der Waals surface area (Å²) in [7, 11) is 0. The fourth-order valence-electron chi connectivity index (χ4n) is 3.18. The van der Waals surface area contributed by atoms with E-state index in [1.165, 1.54) is 25.9 Å². The number of hydrogen-bond acceptors (Lipinski definition) is 3. The van der Waals surface area contributed by atoms with Crippen molar-refractivity contribution in [1.29, 1.82) is 0 Å². The molecule has 20 heavy (non-hydrogen) atoms. The normalized spacial score (nSPS) is 28.4. The molecule has 3 nitrogen and oxygen atoms in total. The van der Waals surface area contributed by atoms with Crippen LogP contribution in [0.15, 0.2) is 16.6 Å². The molecule has 1 aromatic carbocycles. The van der Waals surface area contributed by atoms with E-state index < -0.39 is 0 Å². The summed E-state index contributed by atoms with van der Waals surface area (Å²) in [6.07, 6.45) is 2.40. The van der Waals surface area contributed by atoms with Gasteiger partial charge in [0.25, 0.3) is 0 Å². The van der Waals surface area contributed by atoms with Crippen molar-refractivity contribution in [3.63, 3.8) is 0 Å². The van der Waals surface area contributed by atoms with Crippen LogP contribution in [0.5, 0.6) is 0 Å². The first-order valence-electron chi connectivity index (χ1n) is 6.83. The molecule has 108 valence electrons. The van der Waals surface area contributed by atoms with Crippen molar-refractivity contribution in [2.75, 3.05) is 25.0 Å². The van der Waals surface area contributed by atoms with Crippen LogP contribution in [0.25, 0.3) is 0 Å². The number of piperidine rings is 3. The number of nitrogens with one attached hydrogen (secondary N) is 1. The van der Waals surface area contributed by atoms with Crippen molar-refractivity contribution in [1.82, 2.24) is 4.90 Å². The first-order chi connectivity index (χ1) is 9.56. The molecule has 1 aromatic rings. The van der Waals surface area contributed by atoms with Crippen LogP contribution in [0, 0.1) is 11.7 Å². The van der Waals surface area contributed by atoms with Gasteiger partial charge in [-0.05, 0) is 59.9 Å². The van der Waals surface area contributed by atoms with E-state index in [0.29, 0.717) is 27.7 Å². The molecule has 3 fully saturated rings. The molecule has 0 spiro atoms. The van der Waals surface area contributed by atoms with Gasteiger partial charge in [0, 0.05) is 18.2 Å². The van der Waals surface area contributed by atoms with Gasteiger partial charge in [0.2, 0.25) is 0 Å². The summed E-state index contributed by atoms with van der Waals surface area (Å²) >= 11 is 8.16. The molecular formula is C14H17BrFN3S. The molecule has 4 rings (SSSR count). The maximum Gasteiger partial charge on any atom is 0.161 e. The van der Waals surface area contributed by atoms with E-state index in [9.17, 15) is 4.39 Å². The molecule has 1 atom stereocenters. The van der Waals surface area contributed by atoms with Gasteiger partial charge in [0.1, 0.15) is 4.99 Å². The predicted octanol–water partition coefficient (Wildman–Crippen LogP) is 2.73. The predicted molar refractivity (Wildman–Crippen MR) is 86.6 cm³/mol.